The highest BCUT2D eigenvalue weighted by molar-refractivity contribution is 5.93. The molecule has 2 atom stereocenters. The van der Waals surface area contributed by atoms with Crippen LogP contribution in [0.3, 0.4) is 0 Å². The summed E-state index contributed by atoms with van der Waals surface area (Å²) >= 11 is 0. The molecule has 150 valence electrons. The first-order chi connectivity index (χ1) is 14.1. The number of nitrogens with one attached hydrogen (secondary N) is 1. The average Bonchev–Trinajstić information content (AvgIpc) is 3.39. The maximum atomic E-state index is 12.9. The molecular formula is C22H24N4O3. The van der Waals surface area contributed by atoms with E-state index in [0.717, 1.165) is 5.56 Å². The van der Waals surface area contributed by atoms with E-state index < -0.39 is 0 Å². The van der Waals surface area contributed by atoms with Crippen LogP contribution in [0.5, 0.6) is 5.88 Å². The van der Waals surface area contributed by atoms with Gasteiger partial charge in [-0.25, -0.2) is 4.98 Å². The van der Waals surface area contributed by atoms with Crippen LogP contribution in [-0.4, -0.2) is 34.4 Å². The van der Waals surface area contributed by atoms with Crippen molar-refractivity contribution in [1.82, 2.24) is 14.8 Å². The average molecular weight is 392 g/mol. The van der Waals surface area contributed by atoms with Crippen molar-refractivity contribution in [1.29, 1.82) is 0 Å². The summed E-state index contributed by atoms with van der Waals surface area (Å²) in [6.45, 7) is 3.07. The first-order valence-corrected chi connectivity index (χ1v) is 9.64. The number of amides is 1. The van der Waals surface area contributed by atoms with E-state index in [-0.39, 0.29) is 17.9 Å². The highest BCUT2D eigenvalue weighted by Crippen LogP contribution is 2.35. The zero-order chi connectivity index (χ0) is 20.2. The van der Waals surface area contributed by atoms with Gasteiger partial charge in [0.15, 0.2) is 0 Å². The Kier molecular flexibility index (Phi) is 5.57. The fourth-order valence-corrected chi connectivity index (χ4v) is 3.58. The second kappa shape index (κ2) is 8.45. The summed E-state index contributed by atoms with van der Waals surface area (Å²) in [5, 5.41) is 7.43. The number of rotatable bonds is 6. The summed E-state index contributed by atoms with van der Waals surface area (Å²) in [5.41, 5.74) is 3.49. The van der Waals surface area contributed by atoms with E-state index >= 15 is 0 Å². The number of hydrogen-bond acceptors (Lipinski definition) is 5. The van der Waals surface area contributed by atoms with E-state index in [4.69, 9.17) is 9.47 Å². The Morgan fingerprint density at radius 3 is 2.86 bits per heavy atom. The van der Waals surface area contributed by atoms with Gasteiger partial charge in [-0.3, -0.25) is 9.48 Å². The number of aromatic nitrogens is 3. The molecule has 3 aromatic rings. The molecule has 1 N–H and O–H groups in total. The van der Waals surface area contributed by atoms with Crippen molar-refractivity contribution < 1.29 is 14.3 Å². The fourth-order valence-electron chi connectivity index (χ4n) is 3.58. The molecule has 1 aromatic carbocycles. The van der Waals surface area contributed by atoms with Gasteiger partial charge in [0.05, 0.1) is 43.3 Å². The molecule has 0 radical (unpaired) electrons. The zero-order valence-electron chi connectivity index (χ0n) is 16.5. The molecule has 1 aliphatic rings. The number of ether oxygens (including phenoxy) is 2. The minimum atomic E-state index is -0.300. The molecule has 0 unspecified atom stereocenters. The van der Waals surface area contributed by atoms with E-state index in [1.54, 1.807) is 19.4 Å². The first-order valence-electron chi connectivity index (χ1n) is 9.64. The maximum absolute atomic E-state index is 12.9. The molecule has 7 nitrogen and oxygen atoms in total. The second-order valence-electron chi connectivity index (χ2n) is 7.12. The van der Waals surface area contributed by atoms with Crippen molar-refractivity contribution in [2.24, 2.45) is 5.92 Å². The monoisotopic (exact) mass is 392 g/mol. The van der Waals surface area contributed by atoms with Crippen LogP contribution in [0.2, 0.25) is 0 Å². The molecule has 2 aromatic heterocycles. The minimum absolute atomic E-state index is 0.0709. The topological polar surface area (TPSA) is 78.3 Å². The third-order valence-corrected chi connectivity index (χ3v) is 5.12. The molecule has 1 amide bonds. The second-order valence-corrected chi connectivity index (χ2v) is 7.12. The fraction of sp³-hybridized carbons (Fsp3) is 0.318. The number of benzene rings is 1. The lowest BCUT2D eigenvalue weighted by molar-refractivity contribution is -0.121. The van der Waals surface area contributed by atoms with Gasteiger partial charge in [-0.15, -0.1) is 0 Å². The van der Waals surface area contributed by atoms with Gasteiger partial charge in [0.25, 0.3) is 0 Å². The van der Waals surface area contributed by atoms with E-state index in [2.05, 4.69) is 27.5 Å². The Balaban J connectivity index is 1.45. The standard InChI is InChI=1S/C22H24N4O3/c1-15-19(8-9-20(24-15)28-2)25-22(27)18-10-11-29-21(18)17-12-23-26(14-17)13-16-6-4-3-5-7-16/h3-9,12,14,18,21H,10-11,13H2,1-2H3,(H,25,27)/t18-,21+/m0/s1. The van der Waals surface area contributed by atoms with Crippen molar-refractivity contribution in [3.63, 3.8) is 0 Å². The van der Waals surface area contributed by atoms with E-state index in [0.29, 0.717) is 36.8 Å². The number of hydrogen-bond donors (Lipinski definition) is 1. The van der Waals surface area contributed by atoms with Gasteiger partial charge in [-0.05, 0) is 25.0 Å². The van der Waals surface area contributed by atoms with Gasteiger partial charge in [0.2, 0.25) is 11.8 Å². The number of anilines is 1. The summed E-state index contributed by atoms with van der Waals surface area (Å²) in [6.07, 6.45) is 4.12. The number of aryl methyl sites for hydroxylation is 1. The number of pyridine rings is 1. The van der Waals surface area contributed by atoms with E-state index in [1.807, 2.05) is 42.1 Å². The molecule has 4 rings (SSSR count). The third-order valence-electron chi connectivity index (χ3n) is 5.12. The van der Waals surface area contributed by atoms with Crippen LogP contribution < -0.4 is 10.1 Å². The largest absolute Gasteiger partial charge is 0.481 e. The third kappa shape index (κ3) is 4.30. The molecule has 1 fully saturated rings. The molecule has 1 saturated heterocycles. The van der Waals surface area contributed by atoms with Crippen LogP contribution in [0, 0.1) is 12.8 Å². The zero-order valence-corrected chi connectivity index (χ0v) is 16.5. The van der Waals surface area contributed by atoms with Crippen molar-refractivity contribution in [3.05, 3.63) is 71.7 Å². The normalized spacial score (nSPS) is 18.6. The summed E-state index contributed by atoms with van der Waals surface area (Å²) < 4.78 is 12.9. The lowest BCUT2D eigenvalue weighted by atomic mass is 9.96. The van der Waals surface area contributed by atoms with Crippen LogP contribution in [0.15, 0.2) is 54.9 Å². The summed E-state index contributed by atoms with van der Waals surface area (Å²) in [7, 11) is 1.57. The summed E-state index contributed by atoms with van der Waals surface area (Å²) in [6, 6.07) is 13.7. The maximum Gasteiger partial charge on any atom is 0.230 e. The Morgan fingerprint density at radius 1 is 1.28 bits per heavy atom. The van der Waals surface area contributed by atoms with E-state index in [1.165, 1.54) is 5.56 Å². The van der Waals surface area contributed by atoms with Crippen molar-refractivity contribution in [2.45, 2.75) is 26.0 Å². The molecule has 0 saturated carbocycles. The van der Waals surface area contributed by atoms with Gasteiger partial charge >= 0.3 is 0 Å². The Morgan fingerprint density at radius 2 is 2.10 bits per heavy atom. The van der Waals surface area contributed by atoms with Gasteiger partial charge in [-0.1, -0.05) is 30.3 Å². The van der Waals surface area contributed by atoms with Gasteiger partial charge in [0.1, 0.15) is 0 Å². The summed E-state index contributed by atoms with van der Waals surface area (Å²) in [5.74, 6) is 0.178. The van der Waals surface area contributed by atoms with E-state index in [9.17, 15) is 4.79 Å². The minimum Gasteiger partial charge on any atom is -0.481 e. The SMILES string of the molecule is COc1ccc(NC(=O)[C@H]2CCO[C@@H]2c2cnn(Cc3ccccc3)c2)c(C)n1. The predicted octanol–water partition coefficient (Wildman–Crippen LogP) is 3.36. The lowest BCUT2D eigenvalue weighted by Crippen LogP contribution is -2.25. The smallest absolute Gasteiger partial charge is 0.230 e. The molecule has 7 heteroatoms. The molecular weight excluding hydrogens is 368 g/mol. The number of carbonyl (C=O) groups excluding carboxylic acids is 1. The van der Waals surface area contributed by atoms with Gasteiger partial charge in [-0.2, -0.15) is 5.10 Å². The number of methoxy groups -OCH3 is 1. The number of nitrogens with zero attached hydrogens (tertiary/aromatic N) is 3. The van der Waals surface area contributed by atoms with Crippen molar-refractivity contribution in [3.8, 4) is 5.88 Å². The molecule has 1 aliphatic heterocycles. The van der Waals surface area contributed by atoms with Gasteiger partial charge in [0, 0.05) is 24.4 Å². The van der Waals surface area contributed by atoms with Crippen LogP contribution in [0.25, 0.3) is 0 Å². The Hall–Kier alpha value is -3.19. The molecule has 0 bridgehead atoms. The van der Waals surface area contributed by atoms with Crippen LogP contribution in [-0.2, 0) is 16.1 Å². The number of carbonyl (C=O) groups is 1. The van der Waals surface area contributed by atoms with Gasteiger partial charge < -0.3 is 14.8 Å². The molecule has 3 heterocycles. The van der Waals surface area contributed by atoms with Crippen LogP contribution >= 0.6 is 0 Å². The predicted molar refractivity (Wildman–Crippen MR) is 109 cm³/mol. The summed E-state index contributed by atoms with van der Waals surface area (Å²) in [4.78, 5) is 17.2. The highest BCUT2D eigenvalue weighted by Gasteiger charge is 2.36. The molecule has 0 aliphatic carbocycles. The van der Waals surface area contributed by atoms with Crippen LogP contribution in [0.4, 0.5) is 5.69 Å². The van der Waals surface area contributed by atoms with Crippen LogP contribution in [0.1, 0.15) is 29.3 Å². The van der Waals surface area contributed by atoms with Crippen molar-refractivity contribution in [2.75, 3.05) is 19.0 Å². The van der Waals surface area contributed by atoms with Crippen molar-refractivity contribution >= 4 is 11.6 Å². The first kappa shape index (κ1) is 19.1. The highest BCUT2D eigenvalue weighted by atomic mass is 16.5. The Labute approximate surface area is 169 Å². The molecule has 0 spiro atoms. The Bertz CT molecular complexity index is 987. The lowest BCUT2D eigenvalue weighted by Gasteiger charge is -2.17. The quantitative estimate of drug-likeness (QED) is 0.696. The molecule has 29 heavy (non-hydrogen) atoms.